The summed E-state index contributed by atoms with van der Waals surface area (Å²) in [5.41, 5.74) is 0. The van der Waals surface area contributed by atoms with Gasteiger partial charge in [-0.25, -0.2) is 0 Å². The first-order chi connectivity index (χ1) is 1.41. The molecule has 5 heteroatoms. The first-order valence-corrected chi connectivity index (χ1v) is 6.58. The fraction of sp³-hybridized carbons (Fsp3) is 0. The van der Waals surface area contributed by atoms with Gasteiger partial charge in [-0.05, 0) is 0 Å². The van der Waals surface area contributed by atoms with Crippen molar-refractivity contribution in [2.45, 2.75) is 0 Å². The van der Waals surface area contributed by atoms with E-state index in [0.717, 1.165) is 0 Å². The standard InChI is InChI=1S/Fe.Mg.Mn.H2P.Ti.2H/h;;;1H2;;;/q;;;-1;+1;;. The Bertz CT molecular complexity index is 11.6. The SMILES string of the molecule is [MgH2].[Mn].[PH2][Ti][Fe]. The van der Waals surface area contributed by atoms with Crippen LogP contribution in [0.3, 0.4) is 0 Å². The average molecular weight is 218 g/mol. The van der Waals surface area contributed by atoms with Gasteiger partial charge in [0.25, 0.3) is 0 Å². The molecule has 5 heavy (non-hydrogen) atoms. The van der Waals surface area contributed by atoms with Gasteiger partial charge in [0.1, 0.15) is 0 Å². The van der Waals surface area contributed by atoms with Gasteiger partial charge in [-0.2, -0.15) is 0 Å². The van der Waals surface area contributed by atoms with Crippen LogP contribution in [0, 0.1) is 0 Å². The minimum atomic E-state index is 0. The molecule has 30 valence electrons. The quantitative estimate of drug-likeness (QED) is 0.376. The van der Waals surface area contributed by atoms with E-state index in [2.05, 4.69) is 20.5 Å². The Kier molecular flexibility index (Phi) is 49.4. The van der Waals surface area contributed by atoms with E-state index in [9.17, 15) is 0 Å². The van der Waals surface area contributed by atoms with Crippen molar-refractivity contribution in [2.75, 3.05) is 0 Å². The van der Waals surface area contributed by atoms with Crippen molar-refractivity contribution < 1.29 is 46.8 Å². The van der Waals surface area contributed by atoms with Crippen molar-refractivity contribution >= 4 is 30.3 Å². The Balaban J connectivity index is -0.0000000200. The van der Waals surface area contributed by atoms with Crippen LogP contribution in [0.2, 0.25) is 0 Å². The summed E-state index contributed by atoms with van der Waals surface area (Å²) in [6, 6.07) is 0. The molecule has 0 saturated carbocycles. The summed E-state index contributed by atoms with van der Waals surface area (Å²) in [5.74, 6) is 0. The molecule has 0 fully saturated rings. The van der Waals surface area contributed by atoms with Crippen molar-refractivity contribution in [3.05, 3.63) is 0 Å². The van der Waals surface area contributed by atoms with Gasteiger partial charge in [0.2, 0.25) is 0 Å². The monoisotopic (exact) mass is 218 g/mol. The first-order valence-electron chi connectivity index (χ1n) is 0.465. The van der Waals surface area contributed by atoms with E-state index in [-0.39, 0.29) is 56.6 Å². The molecule has 0 aromatic rings. The summed E-state index contributed by atoms with van der Waals surface area (Å²) >= 11 is 3.74. The number of rotatable bonds is 0. The zero-order valence-corrected chi connectivity index (χ0v) is 6.81. The topological polar surface area (TPSA) is 0 Å². The van der Waals surface area contributed by atoms with Crippen LogP contribution in [-0.4, -0.2) is 23.1 Å². The third-order valence-corrected chi connectivity index (χ3v) is 0. The van der Waals surface area contributed by atoms with Crippen LogP contribution in [0.15, 0.2) is 0 Å². The molecule has 0 nitrogen and oxygen atoms in total. The third-order valence-electron chi connectivity index (χ3n) is 0. The minimum absolute atomic E-state index is 0. The molecular formula is H4FeMgMnPTi. The molecule has 0 amide bonds. The third kappa shape index (κ3) is 19.6. The molecule has 0 N–H and O–H groups in total. The van der Waals surface area contributed by atoms with Crippen molar-refractivity contribution in [1.82, 2.24) is 0 Å². The van der Waals surface area contributed by atoms with Crippen molar-refractivity contribution in [1.29, 1.82) is 0 Å². The van der Waals surface area contributed by atoms with Crippen LogP contribution < -0.4 is 0 Å². The molecule has 1 atom stereocenters. The molecule has 0 aliphatic rings. The maximum absolute atomic E-state index is 3.57. The number of hydrogen-bond donors (Lipinski definition) is 0. The predicted octanol–water partition coefficient (Wildman–Crippen LogP) is -0.598. The van der Waals surface area contributed by atoms with Gasteiger partial charge < -0.3 is 0 Å². The fourth-order valence-electron chi connectivity index (χ4n) is 0. The van der Waals surface area contributed by atoms with E-state index in [1.165, 1.54) is 0 Å². The summed E-state index contributed by atoms with van der Waals surface area (Å²) in [7, 11) is 2.59. The second kappa shape index (κ2) is 15.8. The van der Waals surface area contributed by atoms with Crippen LogP contribution >= 0.6 is 7.23 Å². The van der Waals surface area contributed by atoms with Gasteiger partial charge in [-0.1, -0.05) is 0 Å². The molecule has 0 aromatic carbocycles. The predicted molar refractivity (Wildman–Crippen MR) is 18.3 cm³/mol. The van der Waals surface area contributed by atoms with Gasteiger partial charge in [0.15, 0.2) is 0 Å². The molecule has 0 aromatic heterocycles. The Morgan fingerprint density at radius 2 is 1.60 bits per heavy atom. The van der Waals surface area contributed by atoms with Crippen LogP contribution in [0.5, 0.6) is 0 Å². The second-order valence-corrected chi connectivity index (χ2v) is 5.21. The zero-order valence-electron chi connectivity index (χ0n) is 1.81. The maximum atomic E-state index is 3.57. The molecule has 0 heterocycles. The van der Waals surface area contributed by atoms with E-state index in [1.807, 2.05) is 0 Å². The van der Waals surface area contributed by atoms with E-state index >= 15 is 0 Å². The zero-order chi connectivity index (χ0) is 2.71. The molecule has 0 bridgehead atoms. The summed E-state index contributed by atoms with van der Waals surface area (Å²) in [6.45, 7) is 0. The van der Waals surface area contributed by atoms with E-state index in [0.29, 0.717) is 0 Å². The van der Waals surface area contributed by atoms with Gasteiger partial charge in [-0.3, -0.25) is 0 Å². The van der Waals surface area contributed by atoms with Gasteiger partial charge in [-0.15, -0.1) is 0 Å². The summed E-state index contributed by atoms with van der Waals surface area (Å²) in [6.07, 6.45) is 0. The normalized spacial score (nSPS) is 2.80. The Morgan fingerprint density at radius 3 is 1.60 bits per heavy atom. The Hall–Kier alpha value is 2.95. The van der Waals surface area contributed by atoms with Crippen molar-refractivity contribution in [3.63, 3.8) is 0 Å². The Labute approximate surface area is 75.9 Å². The molecular weight excluding hydrogens is 214 g/mol. The van der Waals surface area contributed by atoms with Gasteiger partial charge >= 0.3 is 60.0 Å². The Morgan fingerprint density at radius 1 is 1.60 bits per heavy atom. The molecule has 0 saturated heterocycles. The average Bonchev–Trinajstić information content (AvgIpc) is 0.918. The molecule has 1 unspecified atom stereocenters. The van der Waals surface area contributed by atoms with Crippen molar-refractivity contribution in [3.8, 4) is 0 Å². The molecule has 1 radical (unpaired) electrons. The molecule has 0 aliphatic heterocycles. The summed E-state index contributed by atoms with van der Waals surface area (Å²) < 4.78 is 0. The van der Waals surface area contributed by atoms with Crippen LogP contribution in [0.1, 0.15) is 0 Å². The van der Waals surface area contributed by atoms with Crippen LogP contribution in [-0.2, 0) is 46.8 Å². The molecule has 0 spiro atoms. The van der Waals surface area contributed by atoms with E-state index in [1.54, 1.807) is 0 Å². The van der Waals surface area contributed by atoms with E-state index < -0.39 is 0 Å². The molecule has 0 rings (SSSR count). The first kappa shape index (κ1) is 15.7. The van der Waals surface area contributed by atoms with Crippen LogP contribution in [0.25, 0.3) is 0 Å². The summed E-state index contributed by atoms with van der Waals surface area (Å²) in [4.78, 5) is 0. The van der Waals surface area contributed by atoms with Crippen LogP contribution in [0.4, 0.5) is 0 Å². The molecule has 0 aliphatic carbocycles. The van der Waals surface area contributed by atoms with Gasteiger partial charge in [0.05, 0.1) is 0 Å². The number of hydrogen-bond acceptors (Lipinski definition) is 0. The second-order valence-electron chi connectivity index (χ2n) is 0.102. The van der Waals surface area contributed by atoms with E-state index in [4.69, 9.17) is 0 Å². The van der Waals surface area contributed by atoms with Crippen molar-refractivity contribution in [2.24, 2.45) is 0 Å². The van der Waals surface area contributed by atoms with Gasteiger partial charge in [0, 0.05) is 17.1 Å². The summed E-state index contributed by atoms with van der Waals surface area (Å²) in [5, 5.41) is 0. The fourth-order valence-corrected chi connectivity index (χ4v) is 0.